The summed E-state index contributed by atoms with van der Waals surface area (Å²) in [5, 5.41) is 2.84. The Morgan fingerprint density at radius 2 is 1.55 bits per heavy atom. The zero-order chi connectivity index (χ0) is 15.3. The monoisotopic (exact) mass is 307 g/mol. The van der Waals surface area contributed by atoms with Crippen LogP contribution in [0.4, 0.5) is 0 Å². The molecule has 0 aliphatic heterocycles. The Bertz CT molecular complexity index is 242. The molecule has 0 radical (unpaired) electrons. The van der Waals surface area contributed by atoms with Crippen LogP contribution in [0.2, 0.25) is 0 Å². The van der Waals surface area contributed by atoms with Gasteiger partial charge in [0, 0.05) is 24.4 Å². The summed E-state index contributed by atoms with van der Waals surface area (Å²) in [4.78, 5) is 11.5. The molecule has 0 bridgehead atoms. The van der Waals surface area contributed by atoms with Crippen LogP contribution in [0.25, 0.3) is 0 Å². The van der Waals surface area contributed by atoms with Crippen LogP contribution in [0.3, 0.4) is 0 Å². The summed E-state index contributed by atoms with van der Waals surface area (Å²) in [6.07, 6.45) is 4.52. The average Bonchev–Trinajstić information content (AvgIpc) is 2.38. The molecule has 0 rings (SSSR count). The van der Waals surface area contributed by atoms with E-state index in [0.717, 1.165) is 25.3 Å². The van der Waals surface area contributed by atoms with Gasteiger partial charge in [-0.3, -0.25) is 4.79 Å². The SMILES string of the molecule is CC(C)(C)C(=O)NCCOCCOCCCCCCCl. The van der Waals surface area contributed by atoms with Gasteiger partial charge in [0.2, 0.25) is 5.91 Å². The van der Waals surface area contributed by atoms with E-state index in [9.17, 15) is 4.79 Å². The predicted octanol–water partition coefficient (Wildman–Crippen LogP) is 2.98. The lowest BCUT2D eigenvalue weighted by molar-refractivity contribution is -0.128. The van der Waals surface area contributed by atoms with Crippen LogP contribution >= 0.6 is 11.6 Å². The van der Waals surface area contributed by atoms with Crippen molar-refractivity contribution in [3.63, 3.8) is 0 Å². The molecule has 0 aromatic heterocycles. The number of hydrogen-bond donors (Lipinski definition) is 1. The lowest BCUT2D eigenvalue weighted by atomic mass is 9.96. The molecular weight excluding hydrogens is 278 g/mol. The number of hydrogen-bond acceptors (Lipinski definition) is 3. The average molecular weight is 308 g/mol. The van der Waals surface area contributed by atoms with E-state index in [2.05, 4.69) is 5.32 Å². The maximum absolute atomic E-state index is 11.5. The summed E-state index contributed by atoms with van der Waals surface area (Å²) in [6, 6.07) is 0. The highest BCUT2D eigenvalue weighted by Gasteiger charge is 2.20. The third-order valence-corrected chi connectivity index (χ3v) is 3.02. The van der Waals surface area contributed by atoms with Crippen LogP contribution < -0.4 is 5.32 Å². The molecule has 0 fully saturated rings. The molecular formula is C15H30ClNO3. The molecule has 0 aliphatic carbocycles. The Kier molecular flexibility index (Phi) is 12.2. The molecule has 0 unspecified atom stereocenters. The molecule has 5 heteroatoms. The minimum absolute atomic E-state index is 0.0503. The van der Waals surface area contributed by atoms with Gasteiger partial charge >= 0.3 is 0 Å². The highest BCUT2D eigenvalue weighted by atomic mass is 35.5. The highest BCUT2D eigenvalue weighted by molar-refractivity contribution is 6.17. The summed E-state index contributed by atoms with van der Waals surface area (Å²) in [6.45, 7) is 8.73. The Morgan fingerprint density at radius 3 is 2.15 bits per heavy atom. The predicted molar refractivity (Wildman–Crippen MR) is 83.3 cm³/mol. The summed E-state index contributed by atoms with van der Waals surface area (Å²) in [5.74, 6) is 0.801. The smallest absolute Gasteiger partial charge is 0.225 e. The summed E-state index contributed by atoms with van der Waals surface area (Å²) >= 11 is 5.59. The maximum Gasteiger partial charge on any atom is 0.225 e. The Morgan fingerprint density at radius 1 is 0.950 bits per heavy atom. The fourth-order valence-corrected chi connectivity index (χ4v) is 1.67. The van der Waals surface area contributed by atoms with E-state index in [4.69, 9.17) is 21.1 Å². The second-order valence-electron chi connectivity index (χ2n) is 5.83. The van der Waals surface area contributed by atoms with Gasteiger partial charge in [-0.25, -0.2) is 0 Å². The minimum Gasteiger partial charge on any atom is -0.379 e. The fraction of sp³-hybridized carbons (Fsp3) is 0.933. The summed E-state index contributed by atoms with van der Waals surface area (Å²) < 4.78 is 10.8. The molecule has 0 spiro atoms. The Hall–Kier alpha value is -0.320. The van der Waals surface area contributed by atoms with Crippen molar-refractivity contribution in [1.29, 1.82) is 0 Å². The van der Waals surface area contributed by atoms with Crippen LogP contribution in [-0.4, -0.2) is 44.8 Å². The molecule has 0 aromatic carbocycles. The van der Waals surface area contributed by atoms with Gasteiger partial charge in [0.05, 0.1) is 19.8 Å². The number of amides is 1. The molecule has 4 nitrogen and oxygen atoms in total. The number of ether oxygens (including phenoxy) is 2. The van der Waals surface area contributed by atoms with Crippen LogP contribution in [0, 0.1) is 5.41 Å². The minimum atomic E-state index is -0.341. The van der Waals surface area contributed by atoms with Gasteiger partial charge in [-0.15, -0.1) is 11.6 Å². The second kappa shape index (κ2) is 12.4. The Labute approximate surface area is 128 Å². The van der Waals surface area contributed by atoms with Gasteiger partial charge < -0.3 is 14.8 Å². The summed E-state index contributed by atoms with van der Waals surface area (Å²) in [5.41, 5.74) is -0.341. The van der Waals surface area contributed by atoms with E-state index in [1.165, 1.54) is 12.8 Å². The summed E-state index contributed by atoms with van der Waals surface area (Å²) in [7, 11) is 0. The number of nitrogens with one attached hydrogen (secondary N) is 1. The highest BCUT2D eigenvalue weighted by Crippen LogP contribution is 2.11. The van der Waals surface area contributed by atoms with E-state index < -0.39 is 0 Å². The van der Waals surface area contributed by atoms with Gasteiger partial charge in [-0.05, 0) is 12.8 Å². The normalized spacial score (nSPS) is 11.6. The fourth-order valence-electron chi connectivity index (χ4n) is 1.48. The standard InChI is InChI=1S/C15H30ClNO3/c1-15(2,3)14(18)17-9-11-20-13-12-19-10-7-5-4-6-8-16/h4-13H2,1-3H3,(H,17,18). The first-order chi connectivity index (χ1) is 9.48. The molecule has 1 amide bonds. The number of rotatable bonds is 12. The van der Waals surface area contributed by atoms with E-state index in [-0.39, 0.29) is 11.3 Å². The molecule has 1 N–H and O–H groups in total. The van der Waals surface area contributed by atoms with E-state index in [0.29, 0.717) is 26.4 Å². The van der Waals surface area contributed by atoms with Crippen molar-refractivity contribution >= 4 is 17.5 Å². The van der Waals surface area contributed by atoms with E-state index in [1.807, 2.05) is 20.8 Å². The Balaban J connectivity index is 3.16. The first-order valence-corrected chi connectivity index (χ1v) is 8.01. The molecule has 0 heterocycles. The molecule has 0 saturated carbocycles. The number of halogens is 1. The van der Waals surface area contributed by atoms with Crippen LogP contribution in [0.5, 0.6) is 0 Å². The lowest BCUT2D eigenvalue weighted by Crippen LogP contribution is -2.36. The third kappa shape index (κ3) is 12.7. The first kappa shape index (κ1) is 19.7. The van der Waals surface area contributed by atoms with E-state index in [1.54, 1.807) is 0 Å². The quantitative estimate of drug-likeness (QED) is 0.445. The molecule has 0 aromatic rings. The second-order valence-corrected chi connectivity index (χ2v) is 6.21. The topological polar surface area (TPSA) is 47.6 Å². The van der Waals surface area contributed by atoms with Crippen molar-refractivity contribution in [2.45, 2.75) is 46.5 Å². The number of carbonyl (C=O) groups excluding carboxylic acids is 1. The van der Waals surface area contributed by atoms with Crippen molar-refractivity contribution in [2.75, 3.05) is 38.9 Å². The largest absolute Gasteiger partial charge is 0.379 e. The van der Waals surface area contributed by atoms with Crippen LogP contribution in [0.1, 0.15) is 46.5 Å². The zero-order valence-corrected chi connectivity index (χ0v) is 13.9. The van der Waals surface area contributed by atoms with Crippen molar-refractivity contribution in [3.05, 3.63) is 0 Å². The van der Waals surface area contributed by atoms with Gasteiger partial charge in [-0.2, -0.15) is 0 Å². The van der Waals surface area contributed by atoms with Crippen molar-refractivity contribution in [1.82, 2.24) is 5.32 Å². The lowest BCUT2D eigenvalue weighted by Gasteiger charge is -2.17. The van der Waals surface area contributed by atoms with Gasteiger partial charge in [-0.1, -0.05) is 33.6 Å². The van der Waals surface area contributed by atoms with Gasteiger partial charge in [0.15, 0.2) is 0 Å². The number of alkyl halides is 1. The molecule has 0 atom stereocenters. The third-order valence-electron chi connectivity index (χ3n) is 2.76. The maximum atomic E-state index is 11.5. The molecule has 120 valence electrons. The molecule has 0 aliphatic rings. The van der Waals surface area contributed by atoms with Crippen molar-refractivity contribution in [2.24, 2.45) is 5.41 Å². The van der Waals surface area contributed by atoms with Gasteiger partial charge in [0.1, 0.15) is 0 Å². The van der Waals surface area contributed by atoms with Crippen LogP contribution in [-0.2, 0) is 14.3 Å². The first-order valence-electron chi connectivity index (χ1n) is 7.48. The van der Waals surface area contributed by atoms with Crippen molar-refractivity contribution < 1.29 is 14.3 Å². The molecule has 20 heavy (non-hydrogen) atoms. The van der Waals surface area contributed by atoms with Gasteiger partial charge in [0.25, 0.3) is 0 Å². The zero-order valence-electron chi connectivity index (χ0n) is 13.2. The number of unbranched alkanes of at least 4 members (excludes halogenated alkanes) is 3. The van der Waals surface area contributed by atoms with Crippen LogP contribution in [0.15, 0.2) is 0 Å². The molecule has 0 saturated heterocycles. The van der Waals surface area contributed by atoms with Crippen molar-refractivity contribution in [3.8, 4) is 0 Å². The van der Waals surface area contributed by atoms with E-state index >= 15 is 0 Å². The number of carbonyl (C=O) groups is 1.